The van der Waals surface area contributed by atoms with E-state index in [1.54, 1.807) is 0 Å². The smallest absolute Gasteiger partial charge is 0.233 e. The maximum atomic E-state index is 12.4. The SMILES string of the molecule is Cc1ccc(C(C)(C)C)cc1S[C@H](C)C(=O)N[C@@H]1CCS(=O)(=O)C1. The minimum atomic E-state index is -2.98. The number of hydrogen-bond donors (Lipinski definition) is 1. The van der Waals surface area contributed by atoms with Crippen LogP contribution in [0.5, 0.6) is 0 Å². The van der Waals surface area contributed by atoms with Crippen LogP contribution in [0.2, 0.25) is 0 Å². The van der Waals surface area contributed by atoms with Gasteiger partial charge in [0.05, 0.1) is 16.8 Å². The molecule has 0 unspecified atom stereocenters. The van der Waals surface area contributed by atoms with Crippen LogP contribution in [0.25, 0.3) is 0 Å². The predicted octanol–water partition coefficient (Wildman–Crippen LogP) is 3.08. The molecule has 1 aromatic rings. The molecule has 6 heteroatoms. The fourth-order valence-electron chi connectivity index (χ4n) is 2.66. The van der Waals surface area contributed by atoms with Crippen LogP contribution in [-0.4, -0.2) is 37.1 Å². The third kappa shape index (κ3) is 4.99. The number of carbonyl (C=O) groups is 1. The first-order chi connectivity index (χ1) is 11.0. The molecule has 0 aliphatic carbocycles. The number of aryl methyl sites for hydroxylation is 1. The molecule has 2 atom stereocenters. The largest absolute Gasteiger partial charge is 0.351 e. The Morgan fingerprint density at radius 2 is 2.00 bits per heavy atom. The first kappa shape index (κ1) is 19.3. The van der Waals surface area contributed by atoms with Gasteiger partial charge in [0, 0.05) is 10.9 Å². The molecular weight excluding hydrogens is 342 g/mol. The van der Waals surface area contributed by atoms with Gasteiger partial charge < -0.3 is 5.32 Å². The lowest BCUT2D eigenvalue weighted by Gasteiger charge is -2.22. The van der Waals surface area contributed by atoms with Crippen molar-refractivity contribution in [2.75, 3.05) is 11.5 Å². The third-order valence-electron chi connectivity index (χ3n) is 4.31. The van der Waals surface area contributed by atoms with Gasteiger partial charge in [-0.1, -0.05) is 32.9 Å². The number of benzene rings is 1. The Hall–Kier alpha value is -1.01. The number of sulfone groups is 1. The fourth-order valence-corrected chi connectivity index (χ4v) is 5.34. The van der Waals surface area contributed by atoms with Gasteiger partial charge in [0.1, 0.15) is 0 Å². The zero-order valence-electron chi connectivity index (χ0n) is 15.0. The Morgan fingerprint density at radius 1 is 1.33 bits per heavy atom. The van der Waals surface area contributed by atoms with Crippen LogP contribution >= 0.6 is 11.8 Å². The van der Waals surface area contributed by atoms with Crippen LogP contribution in [0, 0.1) is 6.92 Å². The number of hydrogen-bond acceptors (Lipinski definition) is 4. The van der Waals surface area contributed by atoms with Gasteiger partial charge in [-0.05, 0) is 42.9 Å². The van der Waals surface area contributed by atoms with E-state index in [0.29, 0.717) is 6.42 Å². The van der Waals surface area contributed by atoms with Crippen molar-refractivity contribution >= 4 is 27.5 Å². The van der Waals surface area contributed by atoms with Gasteiger partial charge in [0.2, 0.25) is 5.91 Å². The van der Waals surface area contributed by atoms with Crippen molar-refractivity contribution in [3.8, 4) is 0 Å². The molecule has 1 amide bonds. The summed E-state index contributed by atoms with van der Waals surface area (Å²) in [6.07, 6.45) is 0.518. The second kappa shape index (κ2) is 7.08. The summed E-state index contributed by atoms with van der Waals surface area (Å²) < 4.78 is 23.0. The van der Waals surface area contributed by atoms with E-state index in [0.717, 1.165) is 10.5 Å². The highest BCUT2D eigenvalue weighted by Crippen LogP contribution is 2.32. The Bertz CT molecular complexity index is 720. The maximum Gasteiger partial charge on any atom is 0.233 e. The first-order valence-electron chi connectivity index (χ1n) is 8.26. The minimum Gasteiger partial charge on any atom is -0.351 e. The number of thioether (sulfide) groups is 1. The summed E-state index contributed by atoms with van der Waals surface area (Å²) in [5, 5.41) is 2.62. The van der Waals surface area contributed by atoms with Crippen LogP contribution < -0.4 is 5.32 Å². The van der Waals surface area contributed by atoms with Crippen molar-refractivity contribution in [2.45, 2.75) is 62.6 Å². The minimum absolute atomic E-state index is 0.0622. The number of nitrogens with one attached hydrogen (secondary N) is 1. The number of rotatable bonds is 4. The van der Waals surface area contributed by atoms with Crippen molar-refractivity contribution in [1.82, 2.24) is 5.32 Å². The van der Waals surface area contributed by atoms with Crippen molar-refractivity contribution in [3.05, 3.63) is 29.3 Å². The molecule has 4 nitrogen and oxygen atoms in total. The Kier molecular flexibility index (Phi) is 5.70. The average molecular weight is 370 g/mol. The van der Waals surface area contributed by atoms with E-state index in [9.17, 15) is 13.2 Å². The summed E-state index contributed by atoms with van der Waals surface area (Å²) in [6, 6.07) is 6.14. The van der Waals surface area contributed by atoms with E-state index in [2.05, 4.69) is 44.3 Å². The van der Waals surface area contributed by atoms with Crippen molar-refractivity contribution in [3.63, 3.8) is 0 Å². The summed E-state index contributed by atoms with van der Waals surface area (Å²) in [5.74, 6) is 0.142. The highest BCUT2D eigenvalue weighted by Gasteiger charge is 2.30. The summed E-state index contributed by atoms with van der Waals surface area (Å²) in [6.45, 7) is 10.4. The fraction of sp³-hybridized carbons (Fsp3) is 0.611. The normalized spacial score (nSPS) is 21.5. The van der Waals surface area contributed by atoms with Gasteiger partial charge >= 0.3 is 0 Å². The third-order valence-corrected chi connectivity index (χ3v) is 7.34. The van der Waals surface area contributed by atoms with E-state index >= 15 is 0 Å². The first-order valence-corrected chi connectivity index (χ1v) is 11.0. The molecule has 2 rings (SSSR count). The highest BCUT2D eigenvalue weighted by atomic mass is 32.2. The van der Waals surface area contributed by atoms with Crippen molar-refractivity contribution < 1.29 is 13.2 Å². The van der Waals surface area contributed by atoms with Crippen molar-refractivity contribution in [1.29, 1.82) is 0 Å². The molecule has 0 saturated carbocycles. The van der Waals surface area contributed by atoms with Gasteiger partial charge in [-0.25, -0.2) is 8.42 Å². The van der Waals surface area contributed by atoms with Gasteiger partial charge in [0.15, 0.2) is 9.84 Å². The molecule has 1 aromatic carbocycles. The predicted molar refractivity (Wildman–Crippen MR) is 100 cm³/mol. The summed E-state index contributed by atoms with van der Waals surface area (Å²) >= 11 is 1.53. The lowest BCUT2D eigenvalue weighted by molar-refractivity contribution is -0.120. The molecule has 0 radical (unpaired) electrons. The summed E-state index contributed by atoms with van der Waals surface area (Å²) in [5.41, 5.74) is 2.45. The van der Waals surface area contributed by atoms with E-state index in [4.69, 9.17) is 0 Å². The zero-order chi connectivity index (χ0) is 18.1. The molecule has 0 spiro atoms. The highest BCUT2D eigenvalue weighted by molar-refractivity contribution is 8.00. The summed E-state index contributed by atoms with van der Waals surface area (Å²) in [4.78, 5) is 13.5. The number of amides is 1. The molecule has 24 heavy (non-hydrogen) atoms. The monoisotopic (exact) mass is 369 g/mol. The topological polar surface area (TPSA) is 63.2 Å². The standard InChI is InChI=1S/C18H27NO3S2/c1-12-6-7-14(18(3,4)5)10-16(12)23-13(2)17(20)19-15-8-9-24(21,22)11-15/h6-7,10,13,15H,8-9,11H2,1-5H3,(H,19,20)/t13-,15-/m1/s1. The van der Waals surface area contributed by atoms with Crippen LogP contribution in [0.15, 0.2) is 23.1 Å². The molecule has 1 saturated heterocycles. The molecular formula is C18H27NO3S2. The second-order valence-electron chi connectivity index (χ2n) is 7.60. The molecule has 1 heterocycles. The van der Waals surface area contributed by atoms with Crippen molar-refractivity contribution in [2.24, 2.45) is 0 Å². The lowest BCUT2D eigenvalue weighted by Crippen LogP contribution is -2.39. The maximum absolute atomic E-state index is 12.4. The zero-order valence-corrected chi connectivity index (χ0v) is 16.7. The molecule has 0 aromatic heterocycles. The quantitative estimate of drug-likeness (QED) is 0.829. The van der Waals surface area contributed by atoms with Gasteiger partial charge in [0.25, 0.3) is 0 Å². The molecule has 1 fully saturated rings. The lowest BCUT2D eigenvalue weighted by atomic mass is 9.87. The van der Waals surface area contributed by atoms with E-state index in [1.807, 2.05) is 13.8 Å². The van der Waals surface area contributed by atoms with E-state index in [-0.39, 0.29) is 34.1 Å². The van der Waals surface area contributed by atoms with Gasteiger partial charge in [-0.3, -0.25) is 4.79 Å². The molecule has 1 aliphatic rings. The van der Waals surface area contributed by atoms with E-state index < -0.39 is 9.84 Å². The Balaban J connectivity index is 2.04. The molecule has 1 N–H and O–H groups in total. The van der Waals surface area contributed by atoms with Crippen LogP contribution in [0.4, 0.5) is 0 Å². The van der Waals surface area contributed by atoms with E-state index in [1.165, 1.54) is 17.3 Å². The molecule has 1 aliphatic heterocycles. The second-order valence-corrected chi connectivity index (χ2v) is 11.2. The van der Waals surface area contributed by atoms with Gasteiger partial charge in [-0.2, -0.15) is 0 Å². The van der Waals surface area contributed by atoms with Gasteiger partial charge in [-0.15, -0.1) is 11.8 Å². The van der Waals surface area contributed by atoms with Crippen LogP contribution in [0.1, 0.15) is 45.2 Å². The molecule has 0 bridgehead atoms. The molecule has 134 valence electrons. The number of carbonyl (C=O) groups excluding carboxylic acids is 1. The van der Waals surface area contributed by atoms with Crippen LogP contribution in [-0.2, 0) is 20.0 Å². The average Bonchev–Trinajstić information content (AvgIpc) is 2.78. The Labute approximate surface area is 149 Å². The Morgan fingerprint density at radius 3 is 2.54 bits per heavy atom. The summed E-state index contributed by atoms with van der Waals surface area (Å²) in [7, 11) is -2.98. The van der Waals surface area contributed by atoms with Crippen LogP contribution in [0.3, 0.4) is 0 Å².